The molecular weight excluding hydrogens is 256 g/mol. The van der Waals surface area contributed by atoms with Gasteiger partial charge in [0.05, 0.1) is 12.5 Å². The average Bonchev–Trinajstić information content (AvgIpc) is 2.45. The van der Waals surface area contributed by atoms with Crippen molar-refractivity contribution < 1.29 is 9.53 Å². The fourth-order valence-electron chi connectivity index (χ4n) is 1.63. The van der Waals surface area contributed by atoms with E-state index in [4.69, 9.17) is 4.74 Å². The zero-order valence-electron chi connectivity index (χ0n) is 10.8. The molecule has 19 heavy (non-hydrogen) atoms. The summed E-state index contributed by atoms with van der Waals surface area (Å²) in [6.45, 7) is 2.20. The summed E-state index contributed by atoms with van der Waals surface area (Å²) in [5.41, 5.74) is 1.92. The van der Waals surface area contributed by atoms with E-state index in [9.17, 15) is 4.79 Å². The number of Topliss-reactive ketones (excluding diaryl/α,β-unsaturated/α-hetero) is 1. The Bertz CT molecular complexity index is 520. The Morgan fingerprint density at radius 2 is 1.74 bits per heavy atom. The van der Waals surface area contributed by atoms with Crippen molar-refractivity contribution >= 4 is 17.5 Å². The summed E-state index contributed by atoms with van der Waals surface area (Å²) >= 11 is 1.63. The third kappa shape index (κ3) is 4.54. The fraction of sp³-hybridized carbons (Fsp3) is 0.188. The molecule has 2 nitrogen and oxygen atoms in total. The summed E-state index contributed by atoms with van der Waals surface area (Å²) in [6.07, 6.45) is 0. The van der Waals surface area contributed by atoms with Crippen LogP contribution in [-0.4, -0.2) is 11.7 Å². The highest BCUT2D eigenvalue weighted by Gasteiger charge is 1.99. The number of carbonyl (C=O) groups excluding carboxylic acids is 1. The molecule has 0 fully saturated rings. The summed E-state index contributed by atoms with van der Waals surface area (Å²) in [5.74, 6) is 0.700. The molecule has 0 heterocycles. The van der Waals surface area contributed by atoms with Crippen LogP contribution in [0.3, 0.4) is 0 Å². The van der Waals surface area contributed by atoms with Gasteiger partial charge in [-0.1, -0.05) is 54.2 Å². The lowest BCUT2D eigenvalue weighted by Crippen LogP contribution is -1.93. The van der Waals surface area contributed by atoms with Gasteiger partial charge in [-0.15, -0.1) is 0 Å². The Kier molecular flexibility index (Phi) is 5.19. The van der Waals surface area contributed by atoms with Crippen LogP contribution in [0, 0.1) is 0 Å². The smallest absolute Gasteiger partial charge is 0.159 e. The van der Waals surface area contributed by atoms with Crippen molar-refractivity contribution in [1.82, 2.24) is 0 Å². The number of hydrogen-bond acceptors (Lipinski definition) is 3. The molecule has 3 heteroatoms. The average molecular weight is 272 g/mol. The minimum atomic E-state index is 0.0943. The van der Waals surface area contributed by atoms with Gasteiger partial charge in [-0.25, -0.2) is 0 Å². The van der Waals surface area contributed by atoms with E-state index in [0.717, 1.165) is 10.5 Å². The summed E-state index contributed by atoms with van der Waals surface area (Å²) in [4.78, 5) is 12.3. The monoisotopic (exact) mass is 272 g/mol. The second-order valence-electron chi connectivity index (χ2n) is 4.18. The lowest BCUT2D eigenvalue weighted by Gasteiger charge is -2.05. The zero-order valence-corrected chi connectivity index (χ0v) is 11.7. The van der Waals surface area contributed by atoms with Gasteiger partial charge in [0, 0.05) is 10.5 Å². The quantitative estimate of drug-likeness (QED) is 0.342. The van der Waals surface area contributed by atoms with Crippen molar-refractivity contribution in [1.29, 1.82) is 0 Å². The van der Waals surface area contributed by atoms with Gasteiger partial charge >= 0.3 is 0 Å². The number of rotatable bonds is 6. The van der Waals surface area contributed by atoms with Gasteiger partial charge in [0.15, 0.2) is 5.78 Å². The lowest BCUT2D eigenvalue weighted by atomic mass is 10.2. The molecule has 0 atom stereocenters. The molecule has 0 saturated carbocycles. The van der Waals surface area contributed by atoms with Crippen LogP contribution in [0.5, 0.6) is 0 Å². The molecule has 0 aliphatic heterocycles. The van der Waals surface area contributed by atoms with Crippen LogP contribution in [0.25, 0.3) is 0 Å². The van der Waals surface area contributed by atoms with E-state index in [-0.39, 0.29) is 5.78 Å². The Morgan fingerprint density at radius 3 is 2.37 bits per heavy atom. The third-order valence-electron chi connectivity index (χ3n) is 2.68. The number of hydrogen-bond donors (Lipinski definition) is 0. The van der Waals surface area contributed by atoms with Gasteiger partial charge in [0.25, 0.3) is 0 Å². The maximum absolute atomic E-state index is 11.1. The van der Waals surface area contributed by atoms with Crippen molar-refractivity contribution in [2.75, 3.05) is 5.94 Å². The summed E-state index contributed by atoms with van der Waals surface area (Å²) in [7, 11) is 0. The van der Waals surface area contributed by atoms with Crippen molar-refractivity contribution in [3.05, 3.63) is 65.7 Å². The molecule has 2 aromatic rings. The van der Waals surface area contributed by atoms with E-state index in [2.05, 4.69) is 0 Å². The van der Waals surface area contributed by atoms with Crippen molar-refractivity contribution in [3.63, 3.8) is 0 Å². The number of ether oxygens (including phenoxy) is 1. The first kappa shape index (κ1) is 13.8. The first-order valence-corrected chi connectivity index (χ1v) is 7.10. The first-order chi connectivity index (χ1) is 9.25. The maximum atomic E-state index is 11.1. The lowest BCUT2D eigenvalue weighted by molar-refractivity contribution is 0.101. The second-order valence-corrected chi connectivity index (χ2v) is 5.17. The van der Waals surface area contributed by atoms with Crippen molar-refractivity contribution in [3.8, 4) is 0 Å². The molecule has 0 unspecified atom stereocenters. The second kappa shape index (κ2) is 7.12. The number of ketones is 1. The summed E-state index contributed by atoms with van der Waals surface area (Å²) < 4.78 is 5.60. The van der Waals surface area contributed by atoms with Crippen LogP contribution in [0.4, 0.5) is 0 Å². The molecular formula is C16H16O2S. The van der Waals surface area contributed by atoms with Gasteiger partial charge in [-0.05, 0) is 24.6 Å². The molecule has 0 saturated heterocycles. The first-order valence-electron chi connectivity index (χ1n) is 6.11. The third-order valence-corrected chi connectivity index (χ3v) is 3.57. The molecule has 0 aliphatic rings. The van der Waals surface area contributed by atoms with Crippen LogP contribution >= 0.6 is 11.8 Å². The molecule has 2 rings (SSSR count). The van der Waals surface area contributed by atoms with Crippen LogP contribution in [-0.2, 0) is 11.3 Å². The molecule has 0 aromatic heterocycles. The standard InChI is InChI=1S/C16H16O2S/c1-13(17)15-7-9-16(10-8-15)19-12-18-11-14-5-3-2-4-6-14/h2-10H,11-12H2,1H3. The predicted octanol–water partition coefficient (Wildman–Crippen LogP) is 4.16. The fourth-order valence-corrected chi connectivity index (χ4v) is 2.26. The highest BCUT2D eigenvalue weighted by Crippen LogP contribution is 2.19. The topological polar surface area (TPSA) is 26.3 Å². The number of benzene rings is 2. The van der Waals surface area contributed by atoms with Crippen LogP contribution in [0.2, 0.25) is 0 Å². The highest BCUT2D eigenvalue weighted by atomic mass is 32.2. The van der Waals surface area contributed by atoms with Crippen molar-refractivity contribution in [2.45, 2.75) is 18.4 Å². The maximum Gasteiger partial charge on any atom is 0.159 e. The molecule has 0 N–H and O–H groups in total. The van der Waals surface area contributed by atoms with E-state index in [0.29, 0.717) is 12.5 Å². The molecule has 0 bridgehead atoms. The summed E-state index contributed by atoms with van der Waals surface area (Å²) in [5, 5.41) is 0. The Morgan fingerprint density at radius 1 is 1.05 bits per heavy atom. The molecule has 98 valence electrons. The molecule has 0 amide bonds. The normalized spacial score (nSPS) is 10.4. The van der Waals surface area contributed by atoms with Gasteiger partial charge in [-0.2, -0.15) is 0 Å². The van der Waals surface area contributed by atoms with Crippen LogP contribution in [0.15, 0.2) is 59.5 Å². The SMILES string of the molecule is CC(=O)c1ccc(SCOCc2ccccc2)cc1. The van der Waals surface area contributed by atoms with Gasteiger partial charge in [0.2, 0.25) is 0 Å². The molecule has 0 aliphatic carbocycles. The van der Waals surface area contributed by atoms with E-state index in [1.165, 1.54) is 5.56 Å². The summed E-state index contributed by atoms with van der Waals surface area (Å²) in [6, 6.07) is 17.7. The Balaban J connectivity index is 1.75. The number of carbonyl (C=O) groups is 1. The predicted molar refractivity (Wildman–Crippen MR) is 78.4 cm³/mol. The van der Waals surface area contributed by atoms with Gasteiger partial charge in [0.1, 0.15) is 0 Å². The van der Waals surface area contributed by atoms with Crippen LogP contribution in [0.1, 0.15) is 22.8 Å². The van der Waals surface area contributed by atoms with E-state index >= 15 is 0 Å². The molecule has 2 aromatic carbocycles. The highest BCUT2D eigenvalue weighted by molar-refractivity contribution is 7.99. The Hall–Kier alpha value is -1.58. The number of thioether (sulfide) groups is 1. The van der Waals surface area contributed by atoms with E-state index < -0.39 is 0 Å². The van der Waals surface area contributed by atoms with Crippen molar-refractivity contribution in [2.24, 2.45) is 0 Å². The largest absolute Gasteiger partial charge is 0.366 e. The molecule has 0 spiro atoms. The van der Waals surface area contributed by atoms with E-state index in [1.807, 2.05) is 54.6 Å². The minimum Gasteiger partial charge on any atom is -0.366 e. The Labute approximate surface area is 117 Å². The minimum absolute atomic E-state index is 0.0943. The zero-order chi connectivity index (χ0) is 13.5. The molecule has 0 radical (unpaired) electrons. The van der Waals surface area contributed by atoms with Crippen LogP contribution < -0.4 is 0 Å². The van der Waals surface area contributed by atoms with E-state index in [1.54, 1.807) is 18.7 Å². The van der Waals surface area contributed by atoms with Gasteiger partial charge in [-0.3, -0.25) is 4.79 Å². The van der Waals surface area contributed by atoms with Gasteiger partial charge < -0.3 is 4.74 Å².